The molecule has 1 aromatic heterocycles. The Labute approximate surface area is 246 Å². The number of aromatic nitrogens is 2. The normalized spacial score (nSPS) is 15.1. The van der Waals surface area contributed by atoms with Crippen LogP contribution in [-0.4, -0.2) is 21.9 Å². The van der Waals surface area contributed by atoms with Gasteiger partial charge in [0.1, 0.15) is 12.0 Å². The zero-order chi connectivity index (χ0) is 28.8. The van der Waals surface area contributed by atoms with E-state index in [9.17, 15) is 9.59 Å². The number of anilines is 2. The zero-order valence-corrected chi connectivity index (χ0v) is 23.2. The van der Waals surface area contributed by atoms with Crippen LogP contribution in [0, 0.1) is 6.92 Å². The molecule has 7 aromatic rings. The van der Waals surface area contributed by atoms with E-state index >= 15 is 0 Å². The van der Waals surface area contributed by atoms with Crippen molar-refractivity contribution in [1.82, 2.24) is 9.55 Å². The minimum atomic E-state index is -0.256. The van der Waals surface area contributed by atoms with E-state index in [1.165, 1.54) is 0 Å². The lowest BCUT2D eigenvalue weighted by Gasteiger charge is -2.32. The van der Waals surface area contributed by atoms with Gasteiger partial charge < -0.3 is 5.32 Å². The summed E-state index contributed by atoms with van der Waals surface area (Å²) in [5.41, 5.74) is 9.35. The van der Waals surface area contributed by atoms with Gasteiger partial charge in [-0.05, 0) is 70.1 Å². The summed E-state index contributed by atoms with van der Waals surface area (Å²) < 4.78 is 1.63. The molecular formula is C37H24N4O2. The number of hydrogen-bond acceptors (Lipinski definition) is 4. The molecule has 6 heteroatoms. The van der Waals surface area contributed by atoms with Crippen molar-refractivity contribution in [3.8, 4) is 22.5 Å². The summed E-state index contributed by atoms with van der Waals surface area (Å²) in [6.07, 6.45) is 0.582. The number of rotatable bonds is 3. The fraction of sp³-hybridized carbons (Fsp3) is 0.0541. The van der Waals surface area contributed by atoms with Crippen LogP contribution in [0.4, 0.5) is 11.4 Å². The lowest BCUT2D eigenvalue weighted by atomic mass is 9.86. The number of aryl methyl sites for hydroxylation is 1. The van der Waals surface area contributed by atoms with Crippen LogP contribution in [0.2, 0.25) is 0 Å². The molecule has 43 heavy (non-hydrogen) atoms. The minimum Gasteiger partial charge on any atom is -0.359 e. The first-order chi connectivity index (χ1) is 21.1. The maximum atomic E-state index is 13.9. The molecule has 3 heterocycles. The quantitative estimate of drug-likeness (QED) is 0.223. The first-order valence-corrected chi connectivity index (χ1v) is 14.3. The third-order valence-corrected chi connectivity index (χ3v) is 9.01. The van der Waals surface area contributed by atoms with Crippen LogP contribution >= 0.6 is 0 Å². The molecule has 2 aliphatic heterocycles. The molecule has 9 rings (SSSR count). The van der Waals surface area contributed by atoms with E-state index in [-0.39, 0.29) is 12.1 Å². The van der Waals surface area contributed by atoms with Crippen molar-refractivity contribution >= 4 is 56.3 Å². The van der Waals surface area contributed by atoms with E-state index < -0.39 is 0 Å². The van der Waals surface area contributed by atoms with E-state index in [1.807, 2.05) is 71.6 Å². The Kier molecular flexibility index (Phi) is 4.80. The van der Waals surface area contributed by atoms with Crippen LogP contribution < -0.4 is 10.2 Å². The Bertz CT molecular complexity index is 2350. The Morgan fingerprint density at radius 3 is 2.30 bits per heavy atom. The van der Waals surface area contributed by atoms with E-state index in [1.54, 1.807) is 4.57 Å². The van der Waals surface area contributed by atoms with Crippen molar-refractivity contribution in [1.29, 1.82) is 0 Å². The predicted octanol–water partition coefficient (Wildman–Crippen LogP) is 8.11. The second kappa shape index (κ2) is 8.63. The molecule has 0 spiro atoms. The van der Waals surface area contributed by atoms with Gasteiger partial charge in [0.25, 0.3) is 5.91 Å². The molecule has 1 amide bonds. The van der Waals surface area contributed by atoms with Crippen LogP contribution in [0.1, 0.15) is 27.7 Å². The number of carbonyl (C=O) groups is 2. The number of amides is 1. The summed E-state index contributed by atoms with van der Waals surface area (Å²) >= 11 is 0. The summed E-state index contributed by atoms with van der Waals surface area (Å²) in [5, 5.41) is 7.72. The molecule has 2 aliphatic rings. The van der Waals surface area contributed by atoms with Crippen molar-refractivity contribution < 1.29 is 9.59 Å². The summed E-state index contributed by atoms with van der Waals surface area (Å²) in [6.45, 7) is 2.10. The van der Waals surface area contributed by atoms with Gasteiger partial charge in [0.15, 0.2) is 0 Å². The summed E-state index contributed by atoms with van der Waals surface area (Å²) in [6, 6.07) is 36.5. The number of fused-ring (bicyclic) bond motifs is 6. The molecular weight excluding hydrogens is 532 g/mol. The molecule has 0 aliphatic carbocycles. The third kappa shape index (κ3) is 3.15. The van der Waals surface area contributed by atoms with Crippen molar-refractivity contribution in [3.05, 3.63) is 126 Å². The second-order valence-corrected chi connectivity index (χ2v) is 11.2. The minimum absolute atomic E-state index is 0.00140. The van der Waals surface area contributed by atoms with Crippen molar-refractivity contribution in [2.24, 2.45) is 0 Å². The Balaban J connectivity index is 1.29. The highest BCUT2D eigenvalue weighted by molar-refractivity contribution is 6.22. The molecule has 1 N–H and O–H groups in total. The third-order valence-electron chi connectivity index (χ3n) is 9.01. The Morgan fingerprint density at radius 1 is 0.721 bits per heavy atom. The average Bonchev–Trinajstić information content (AvgIpc) is 3.62. The molecule has 1 atom stereocenters. The van der Waals surface area contributed by atoms with Crippen LogP contribution in [0.3, 0.4) is 0 Å². The zero-order valence-electron chi connectivity index (χ0n) is 23.2. The number of benzene rings is 6. The van der Waals surface area contributed by atoms with Gasteiger partial charge in [0.2, 0.25) is 6.41 Å². The summed E-state index contributed by atoms with van der Waals surface area (Å²) in [5.74, 6) is 0.623. The standard InChI is InChI=1S/C37H24N4O2/c1-21-16-17-22(24-8-6-10-26(33(21)24)35-38-29-12-2-4-14-31(29)40(35)20-42)23-18-19-28-34-25(23)9-7-11-27(34)36-39-30-13-3-5-15-32(30)41(36)37(28)43/h2-20,36,39H,1H3. The molecule has 0 saturated carbocycles. The molecule has 0 fully saturated rings. The molecule has 204 valence electrons. The first-order valence-electron chi connectivity index (χ1n) is 14.3. The maximum absolute atomic E-state index is 13.9. The maximum Gasteiger partial charge on any atom is 0.260 e. The van der Waals surface area contributed by atoms with Crippen molar-refractivity contribution in [2.75, 3.05) is 10.2 Å². The number of nitrogens with zero attached hydrogens (tertiary/aromatic N) is 3. The van der Waals surface area contributed by atoms with E-state index in [2.05, 4.69) is 54.7 Å². The second-order valence-electron chi connectivity index (χ2n) is 11.2. The molecule has 0 saturated heterocycles. The topological polar surface area (TPSA) is 67.2 Å². The van der Waals surface area contributed by atoms with E-state index in [0.717, 1.165) is 78.2 Å². The van der Waals surface area contributed by atoms with Crippen molar-refractivity contribution in [3.63, 3.8) is 0 Å². The van der Waals surface area contributed by atoms with Crippen LogP contribution in [0.25, 0.3) is 55.1 Å². The van der Waals surface area contributed by atoms with Gasteiger partial charge in [-0.25, -0.2) is 4.98 Å². The number of imidazole rings is 1. The highest BCUT2D eigenvalue weighted by Gasteiger charge is 2.40. The van der Waals surface area contributed by atoms with Gasteiger partial charge in [-0.2, -0.15) is 0 Å². The molecule has 1 unspecified atom stereocenters. The summed E-state index contributed by atoms with van der Waals surface area (Å²) in [4.78, 5) is 33.0. The van der Waals surface area contributed by atoms with Crippen LogP contribution in [0.5, 0.6) is 0 Å². The summed E-state index contributed by atoms with van der Waals surface area (Å²) in [7, 11) is 0. The van der Waals surface area contributed by atoms with Crippen LogP contribution in [0.15, 0.2) is 109 Å². The monoisotopic (exact) mass is 556 g/mol. The Hall–Kier alpha value is -5.75. The van der Waals surface area contributed by atoms with Gasteiger partial charge in [-0.3, -0.25) is 19.1 Å². The lowest BCUT2D eigenvalue weighted by molar-refractivity contribution is 0.0980. The number of para-hydroxylation sites is 4. The molecule has 0 bridgehead atoms. The van der Waals surface area contributed by atoms with Crippen molar-refractivity contribution in [2.45, 2.75) is 13.1 Å². The highest BCUT2D eigenvalue weighted by Crippen LogP contribution is 2.49. The Morgan fingerprint density at radius 2 is 1.44 bits per heavy atom. The first kappa shape index (κ1) is 23.9. The van der Waals surface area contributed by atoms with Gasteiger partial charge >= 0.3 is 0 Å². The SMILES string of the molecule is Cc1ccc(-c2ccc3c4c(cccc24)C2Nc4ccccc4N2C3=O)c2cccc(-c3nc4ccccc4n3C=O)c12. The number of hydrogen-bond donors (Lipinski definition) is 1. The van der Waals surface area contributed by atoms with Gasteiger partial charge in [-0.1, -0.05) is 78.9 Å². The van der Waals surface area contributed by atoms with Crippen LogP contribution in [-0.2, 0) is 4.79 Å². The molecule has 0 radical (unpaired) electrons. The largest absolute Gasteiger partial charge is 0.359 e. The van der Waals surface area contributed by atoms with Gasteiger partial charge in [0.05, 0.1) is 22.4 Å². The number of nitrogens with one attached hydrogen (secondary N) is 1. The molecule has 6 aromatic carbocycles. The van der Waals surface area contributed by atoms with E-state index in [0.29, 0.717) is 11.4 Å². The predicted molar refractivity (Wildman–Crippen MR) is 172 cm³/mol. The van der Waals surface area contributed by atoms with Gasteiger partial charge in [0, 0.05) is 22.1 Å². The highest BCUT2D eigenvalue weighted by atomic mass is 16.2. The average molecular weight is 557 g/mol. The van der Waals surface area contributed by atoms with E-state index in [4.69, 9.17) is 4.98 Å². The fourth-order valence-electron chi connectivity index (χ4n) is 7.15. The smallest absolute Gasteiger partial charge is 0.260 e. The lowest BCUT2D eigenvalue weighted by Crippen LogP contribution is -2.37. The fourth-order valence-corrected chi connectivity index (χ4v) is 7.15. The number of carbonyl (C=O) groups excluding carboxylic acids is 2. The molecule has 6 nitrogen and oxygen atoms in total. The van der Waals surface area contributed by atoms with Gasteiger partial charge in [-0.15, -0.1) is 0 Å².